The summed E-state index contributed by atoms with van der Waals surface area (Å²) in [5, 5.41) is 1.31. The molecule has 29 heavy (non-hydrogen) atoms. The van der Waals surface area contributed by atoms with Crippen LogP contribution in [0.5, 0.6) is 5.75 Å². The van der Waals surface area contributed by atoms with Gasteiger partial charge >= 0.3 is 7.12 Å². The third kappa shape index (κ3) is 4.23. The molecule has 0 saturated carbocycles. The molecule has 0 bridgehead atoms. The maximum absolute atomic E-state index is 6.55. The molecule has 0 N–H and O–H groups in total. The first-order chi connectivity index (χ1) is 13.5. The van der Waals surface area contributed by atoms with Crippen molar-refractivity contribution < 1.29 is 14.0 Å². The van der Waals surface area contributed by atoms with E-state index in [-0.39, 0.29) is 0 Å². The molecular weight excluding hydrogens is 375 g/mol. The first-order valence-electron chi connectivity index (χ1n) is 10.3. The lowest BCUT2D eigenvalue weighted by atomic mass is 9.73. The number of hydrogen-bond donors (Lipinski definition) is 0. The molecule has 0 atom stereocenters. The fraction of sp³-hybridized carbons (Fsp3) is 0.417. The van der Waals surface area contributed by atoms with Crippen LogP contribution >= 0.6 is 0 Å². The van der Waals surface area contributed by atoms with E-state index >= 15 is 0 Å². The Bertz CT molecular complexity index is 882. The minimum atomic E-state index is -1.84. The van der Waals surface area contributed by atoms with Gasteiger partial charge in [0.25, 0.3) is 0 Å². The van der Waals surface area contributed by atoms with Crippen LogP contribution in [0.2, 0.25) is 19.6 Å². The molecule has 1 saturated heterocycles. The van der Waals surface area contributed by atoms with Crippen LogP contribution in [0, 0.1) is 0 Å². The second-order valence-corrected chi connectivity index (χ2v) is 14.7. The van der Waals surface area contributed by atoms with Crippen LogP contribution in [-0.4, -0.2) is 33.5 Å². The molecule has 5 heteroatoms. The highest BCUT2D eigenvalue weighted by Gasteiger charge is 2.53. The fourth-order valence-electron chi connectivity index (χ4n) is 3.78. The van der Waals surface area contributed by atoms with Crippen molar-refractivity contribution >= 4 is 25.9 Å². The zero-order chi connectivity index (χ0) is 21.4. The summed E-state index contributed by atoms with van der Waals surface area (Å²) in [5.74, 6) is 0.884. The van der Waals surface area contributed by atoms with E-state index in [0.29, 0.717) is 0 Å². The van der Waals surface area contributed by atoms with Crippen LogP contribution in [0.25, 0.3) is 10.7 Å². The molecule has 0 amide bonds. The molecule has 2 aromatic rings. The Hall–Kier alpha value is -1.82. The minimum absolute atomic E-state index is 0.400. The van der Waals surface area contributed by atoms with Crippen LogP contribution in [0.4, 0.5) is 0 Å². The smallest absolute Gasteiger partial charge is 0.495 e. The Morgan fingerprint density at radius 3 is 1.86 bits per heavy atom. The average molecular weight is 408 g/mol. The van der Waals surface area contributed by atoms with Gasteiger partial charge < -0.3 is 14.0 Å². The third-order valence-corrected chi connectivity index (χ3v) is 8.01. The molecule has 0 unspecified atom stereocenters. The Labute approximate surface area is 177 Å². The summed E-state index contributed by atoms with van der Waals surface area (Å²) in [5.41, 5.74) is 2.58. The zero-order valence-corrected chi connectivity index (χ0v) is 20.0. The normalized spacial score (nSPS) is 19.1. The SMILES string of the molecule is COc1ccccc1/C(=C(/B1OC(C)(C)C(C)(C)O1)c1ccccc1)[Si](C)(C)C. The molecule has 0 aliphatic carbocycles. The van der Waals surface area contributed by atoms with E-state index < -0.39 is 26.4 Å². The molecule has 154 valence electrons. The first-order valence-corrected chi connectivity index (χ1v) is 13.8. The topological polar surface area (TPSA) is 27.7 Å². The minimum Gasteiger partial charge on any atom is -0.496 e. The fourth-order valence-corrected chi connectivity index (χ4v) is 5.87. The summed E-state index contributed by atoms with van der Waals surface area (Å²) >= 11 is 0. The molecule has 1 aliphatic rings. The van der Waals surface area contributed by atoms with Crippen LogP contribution in [-0.2, 0) is 9.31 Å². The van der Waals surface area contributed by atoms with Gasteiger partial charge in [0.15, 0.2) is 0 Å². The van der Waals surface area contributed by atoms with Gasteiger partial charge in [-0.1, -0.05) is 68.2 Å². The largest absolute Gasteiger partial charge is 0.496 e. The van der Waals surface area contributed by atoms with Gasteiger partial charge in [-0.05, 0) is 50.0 Å². The van der Waals surface area contributed by atoms with E-state index in [0.717, 1.165) is 22.3 Å². The summed E-state index contributed by atoms with van der Waals surface area (Å²) in [7, 11) is -0.544. The van der Waals surface area contributed by atoms with E-state index in [2.05, 4.69) is 83.7 Å². The van der Waals surface area contributed by atoms with Crippen LogP contribution in [0.1, 0.15) is 38.8 Å². The molecule has 1 aliphatic heterocycles. The Kier molecular flexibility index (Phi) is 5.87. The summed E-state index contributed by atoms with van der Waals surface area (Å²) < 4.78 is 18.9. The maximum atomic E-state index is 6.55. The summed E-state index contributed by atoms with van der Waals surface area (Å²) in [6.07, 6.45) is 0. The van der Waals surface area contributed by atoms with Gasteiger partial charge in [-0.15, -0.1) is 0 Å². The van der Waals surface area contributed by atoms with Crippen LogP contribution in [0.3, 0.4) is 0 Å². The van der Waals surface area contributed by atoms with E-state index in [1.807, 2.05) is 18.2 Å². The summed E-state index contributed by atoms with van der Waals surface area (Å²) in [4.78, 5) is 0. The van der Waals surface area contributed by atoms with Gasteiger partial charge in [-0.2, -0.15) is 0 Å². The Morgan fingerprint density at radius 2 is 1.34 bits per heavy atom. The molecule has 3 rings (SSSR count). The number of rotatable bonds is 5. The lowest BCUT2D eigenvalue weighted by Gasteiger charge is -2.32. The van der Waals surface area contributed by atoms with Crippen molar-refractivity contribution in [2.24, 2.45) is 0 Å². The Balaban J connectivity index is 2.34. The lowest BCUT2D eigenvalue weighted by molar-refractivity contribution is 0.00578. The molecule has 3 nitrogen and oxygen atoms in total. The standard InChI is InChI=1S/C24H33BO3Si/c1-23(2)24(3,4)28-25(27-23)21(18-14-10-9-11-15-18)22(29(6,7)8)19-16-12-13-17-20(19)26-5/h9-17H,1-8H3/b22-21-. The Morgan fingerprint density at radius 1 is 0.828 bits per heavy atom. The molecule has 0 spiro atoms. The highest BCUT2D eigenvalue weighted by atomic mass is 28.3. The predicted octanol–water partition coefficient (Wildman–Crippen LogP) is 6.11. The second kappa shape index (κ2) is 7.78. The van der Waals surface area contributed by atoms with Crippen LogP contribution in [0.15, 0.2) is 54.6 Å². The van der Waals surface area contributed by atoms with Crippen molar-refractivity contribution in [3.8, 4) is 5.75 Å². The van der Waals surface area contributed by atoms with E-state index in [9.17, 15) is 0 Å². The summed E-state index contributed by atoms with van der Waals surface area (Å²) in [6.45, 7) is 15.5. The number of ether oxygens (including phenoxy) is 1. The second-order valence-electron chi connectivity index (χ2n) is 9.69. The van der Waals surface area contributed by atoms with Gasteiger partial charge in [-0.3, -0.25) is 0 Å². The van der Waals surface area contributed by atoms with Gasteiger partial charge in [0.05, 0.1) is 26.4 Å². The van der Waals surface area contributed by atoms with Gasteiger partial charge in [0.2, 0.25) is 0 Å². The first kappa shape index (κ1) is 21.9. The maximum Gasteiger partial charge on any atom is 0.495 e. The highest BCUT2D eigenvalue weighted by Crippen LogP contribution is 2.45. The molecule has 0 radical (unpaired) electrons. The van der Waals surface area contributed by atoms with Crippen molar-refractivity contribution in [3.63, 3.8) is 0 Å². The third-order valence-electron chi connectivity index (χ3n) is 5.97. The van der Waals surface area contributed by atoms with Gasteiger partial charge in [-0.25, -0.2) is 0 Å². The van der Waals surface area contributed by atoms with Crippen molar-refractivity contribution in [1.29, 1.82) is 0 Å². The van der Waals surface area contributed by atoms with Crippen molar-refractivity contribution in [3.05, 3.63) is 65.7 Å². The van der Waals surface area contributed by atoms with Gasteiger partial charge in [0, 0.05) is 5.56 Å². The van der Waals surface area contributed by atoms with Gasteiger partial charge in [0.1, 0.15) is 5.75 Å². The van der Waals surface area contributed by atoms with Crippen molar-refractivity contribution in [2.75, 3.05) is 7.11 Å². The monoisotopic (exact) mass is 408 g/mol. The lowest BCUT2D eigenvalue weighted by Crippen LogP contribution is -2.41. The predicted molar refractivity (Wildman–Crippen MR) is 126 cm³/mol. The quantitative estimate of drug-likeness (QED) is 0.441. The molecule has 2 aromatic carbocycles. The average Bonchev–Trinajstić information content (AvgIpc) is 2.86. The number of benzene rings is 2. The van der Waals surface area contributed by atoms with E-state index in [1.54, 1.807) is 7.11 Å². The number of para-hydroxylation sites is 1. The van der Waals surface area contributed by atoms with E-state index in [1.165, 1.54) is 5.20 Å². The molecular formula is C24H33BO3Si. The summed E-state index contributed by atoms with van der Waals surface area (Å²) in [6, 6.07) is 18.8. The highest BCUT2D eigenvalue weighted by molar-refractivity contribution is 6.98. The molecule has 1 heterocycles. The van der Waals surface area contributed by atoms with Crippen molar-refractivity contribution in [1.82, 2.24) is 0 Å². The van der Waals surface area contributed by atoms with E-state index in [4.69, 9.17) is 14.0 Å². The van der Waals surface area contributed by atoms with Crippen LogP contribution < -0.4 is 4.74 Å². The van der Waals surface area contributed by atoms with Crippen molar-refractivity contribution in [2.45, 2.75) is 58.5 Å². The molecule has 0 aromatic heterocycles. The number of methoxy groups -OCH3 is 1. The molecule has 1 fully saturated rings. The number of hydrogen-bond acceptors (Lipinski definition) is 3. The zero-order valence-electron chi connectivity index (χ0n) is 19.0.